The van der Waals surface area contributed by atoms with Crippen molar-refractivity contribution in [3.05, 3.63) is 29.3 Å². The summed E-state index contributed by atoms with van der Waals surface area (Å²) in [5.74, 6) is -0.229. The molecule has 0 aliphatic carbocycles. The van der Waals surface area contributed by atoms with Gasteiger partial charge in [-0.05, 0) is 44.0 Å². The van der Waals surface area contributed by atoms with Crippen LogP contribution in [0.25, 0.3) is 0 Å². The van der Waals surface area contributed by atoms with Gasteiger partial charge in [0, 0.05) is 31.4 Å². The molecule has 21 heavy (non-hydrogen) atoms. The first kappa shape index (κ1) is 17.3. The van der Waals surface area contributed by atoms with E-state index in [2.05, 4.69) is 16.0 Å². The Hall–Kier alpha value is -1.75. The Kier molecular flexibility index (Phi) is 5.61. The monoisotopic (exact) mass is 311 g/mol. The number of carbonyl (C=O) groups excluding carboxylic acids is 2. The van der Waals surface area contributed by atoms with E-state index in [4.69, 9.17) is 0 Å². The van der Waals surface area contributed by atoms with Crippen molar-refractivity contribution in [1.29, 1.82) is 0 Å². The molecule has 1 aromatic carbocycles. The van der Waals surface area contributed by atoms with Gasteiger partial charge in [0.2, 0.25) is 5.91 Å². The summed E-state index contributed by atoms with van der Waals surface area (Å²) in [6.07, 6.45) is 0.945. The predicted octanol–water partition coefficient (Wildman–Crippen LogP) is 1.58. The Balaban J connectivity index is 0.00000220. The van der Waals surface area contributed by atoms with E-state index < -0.39 is 5.41 Å². The third kappa shape index (κ3) is 3.88. The molecular weight excluding hydrogens is 290 g/mol. The SMILES string of the molecule is CNC(=O)C(C)(C)CNC(=O)c1ccc2c(c1)CCN2.Cl. The molecule has 1 aliphatic rings. The molecule has 0 aromatic heterocycles. The summed E-state index contributed by atoms with van der Waals surface area (Å²) in [4.78, 5) is 23.8. The summed E-state index contributed by atoms with van der Waals surface area (Å²) >= 11 is 0. The molecule has 1 aliphatic heterocycles. The second-order valence-electron chi connectivity index (χ2n) is 5.69. The van der Waals surface area contributed by atoms with Crippen LogP contribution in [0.2, 0.25) is 0 Å². The summed E-state index contributed by atoms with van der Waals surface area (Å²) < 4.78 is 0. The maximum atomic E-state index is 12.1. The number of anilines is 1. The molecule has 0 saturated carbocycles. The van der Waals surface area contributed by atoms with E-state index in [0.29, 0.717) is 12.1 Å². The molecule has 0 fully saturated rings. The first-order valence-electron chi connectivity index (χ1n) is 6.81. The van der Waals surface area contributed by atoms with E-state index in [1.165, 1.54) is 5.56 Å². The van der Waals surface area contributed by atoms with Gasteiger partial charge >= 0.3 is 0 Å². The fourth-order valence-electron chi connectivity index (χ4n) is 2.27. The molecule has 5 nitrogen and oxygen atoms in total. The number of halogens is 1. The molecule has 2 rings (SSSR count). The Bertz CT molecular complexity index is 544. The van der Waals surface area contributed by atoms with Crippen molar-refractivity contribution in [2.45, 2.75) is 20.3 Å². The zero-order valence-corrected chi connectivity index (χ0v) is 13.4. The Morgan fingerprint density at radius 2 is 2.05 bits per heavy atom. The van der Waals surface area contributed by atoms with E-state index in [9.17, 15) is 9.59 Å². The summed E-state index contributed by atoms with van der Waals surface area (Å²) in [5, 5.41) is 8.69. The number of hydrogen-bond acceptors (Lipinski definition) is 3. The van der Waals surface area contributed by atoms with Crippen LogP contribution in [-0.4, -0.2) is 32.0 Å². The van der Waals surface area contributed by atoms with Crippen molar-refractivity contribution in [3.8, 4) is 0 Å². The summed E-state index contributed by atoms with van der Waals surface area (Å²) in [6.45, 7) is 4.84. The molecule has 1 heterocycles. The van der Waals surface area contributed by atoms with Gasteiger partial charge in [-0.1, -0.05) is 0 Å². The molecule has 2 amide bonds. The molecule has 116 valence electrons. The van der Waals surface area contributed by atoms with E-state index in [1.807, 2.05) is 12.1 Å². The fraction of sp³-hybridized carbons (Fsp3) is 0.467. The van der Waals surface area contributed by atoms with Gasteiger partial charge in [0.25, 0.3) is 5.91 Å². The minimum atomic E-state index is -0.622. The number of fused-ring (bicyclic) bond motifs is 1. The highest BCUT2D eigenvalue weighted by molar-refractivity contribution is 5.95. The van der Waals surface area contributed by atoms with Gasteiger partial charge in [0.05, 0.1) is 5.41 Å². The number of hydrogen-bond donors (Lipinski definition) is 3. The largest absolute Gasteiger partial charge is 0.384 e. The van der Waals surface area contributed by atoms with Gasteiger partial charge in [0.15, 0.2) is 0 Å². The second-order valence-corrected chi connectivity index (χ2v) is 5.69. The average Bonchev–Trinajstić information content (AvgIpc) is 2.91. The van der Waals surface area contributed by atoms with Crippen LogP contribution in [-0.2, 0) is 11.2 Å². The minimum absolute atomic E-state index is 0. The van der Waals surface area contributed by atoms with Crippen LogP contribution in [0.15, 0.2) is 18.2 Å². The molecular formula is C15H22ClN3O2. The van der Waals surface area contributed by atoms with Crippen molar-refractivity contribution >= 4 is 29.9 Å². The summed E-state index contributed by atoms with van der Waals surface area (Å²) in [5.41, 5.74) is 2.29. The minimum Gasteiger partial charge on any atom is -0.384 e. The van der Waals surface area contributed by atoms with Crippen LogP contribution < -0.4 is 16.0 Å². The van der Waals surface area contributed by atoms with Gasteiger partial charge in [-0.25, -0.2) is 0 Å². The second kappa shape index (κ2) is 6.80. The van der Waals surface area contributed by atoms with Gasteiger partial charge in [0.1, 0.15) is 0 Å². The maximum Gasteiger partial charge on any atom is 0.251 e. The standard InChI is InChI=1S/C15H21N3O2.ClH/c1-15(2,14(20)16-3)9-18-13(19)11-4-5-12-10(8-11)6-7-17-12;/h4-5,8,17H,6-7,9H2,1-3H3,(H,16,20)(H,18,19);1H. The van der Waals surface area contributed by atoms with E-state index in [0.717, 1.165) is 18.7 Å². The van der Waals surface area contributed by atoms with Crippen molar-refractivity contribution < 1.29 is 9.59 Å². The van der Waals surface area contributed by atoms with Crippen LogP contribution >= 0.6 is 12.4 Å². The first-order chi connectivity index (χ1) is 9.44. The van der Waals surface area contributed by atoms with Gasteiger partial charge < -0.3 is 16.0 Å². The van der Waals surface area contributed by atoms with Crippen LogP contribution in [0.1, 0.15) is 29.8 Å². The van der Waals surface area contributed by atoms with Gasteiger partial charge in [-0.3, -0.25) is 9.59 Å². The normalized spacial score (nSPS) is 12.7. The van der Waals surface area contributed by atoms with Crippen LogP contribution in [0.4, 0.5) is 5.69 Å². The summed E-state index contributed by atoms with van der Waals surface area (Å²) in [6, 6.07) is 5.65. The van der Waals surface area contributed by atoms with Crippen molar-refractivity contribution in [2.24, 2.45) is 5.41 Å². The van der Waals surface area contributed by atoms with Crippen molar-refractivity contribution in [2.75, 3.05) is 25.5 Å². The number of carbonyl (C=O) groups is 2. The number of amides is 2. The zero-order valence-electron chi connectivity index (χ0n) is 12.6. The Morgan fingerprint density at radius 3 is 2.71 bits per heavy atom. The zero-order chi connectivity index (χ0) is 14.8. The smallest absolute Gasteiger partial charge is 0.251 e. The molecule has 0 spiro atoms. The Labute approximate surface area is 131 Å². The van der Waals surface area contributed by atoms with Crippen LogP contribution in [0.3, 0.4) is 0 Å². The highest BCUT2D eigenvalue weighted by Gasteiger charge is 2.27. The molecule has 0 bridgehead atoms. The number of rotatable bonds is 4. The fourth-order valence-corrected chi connectivity index (χ4v) is 2.27. The summed E-state index contributed by atoms with van der Waals surface area (Å²) in [7, 11) is 1.60. The third-order valence-electron chi connectivity index (χ3n) is 3.61. The topological polar surface area (TPSA) is 70.2 Å². The van der Waals surface area contributed by atoms with Crippen molar-refractivity contribution in [3.63, 3.8) is 0 Å². The van der Waals surface area contributed by atoms with Crippen molar-refractivity contribution in [1.82, 2.24) is 10.6 Å². The number of benzene rings is 1. The van der Waals surface area contributed by atoms with Crippen LogP contribution in [0, 0.1) is 5.41 Å². The van der Waals surface area contributed by atoms with E-state index in [-0.39, 0.29) is 24.2 Å². The maximum absolute atomic E-state index is 12.1. The van der Waals surface area contributed by atoms with Gasteiger partial charge in [-0.2, -0.15) is 0 Å². The van der Waals surface area contributed by atoms with Crippen LogP contribution in [0.5, 0.6) is 0 Å². The van der Waals surface area contributed by atoms with Gasteiger partial charge in [-0.15, -0.1) is 12.4 Å². The molecule has 3 N–H and O–H groups in total. The predicted molar refractivity (Wildman–Crippen MR) is 86.1 cm³/mol. The quantitative estimate of drug-likeness (QED) is 0.790. The van der Waals surface area contributed by atoms with E-state index >= 15 is 0 Å². The molecule has 0 radical (unpaired) electrons. The molecule has 0 atom stereocenters. The lowest BCUT2D eigenvalue weighted by molar-refractivity contribution is -0.128. The highest BCUT2D eigenvalue weighted by atomic mass is 35.5. The Morgan fingerprint density at radius 1 is 1.33 bits per heavy atom. The number of nitrogens with one attached hydrogen (secondary N) is 3. The highest BCUT2D eigenvalue weighted by Crippen LogP contribution is 2.23. The molecule has 1 aromatic rings. The first-order valence-corrected chi connectivity index (χ1v) is 6.81. The lowest BCUT2D eigenvalue weighted by atomic mass is 9.92. The lowest BCUT2D eigenvalue weighted by Crippen LogP contribution is -2.43. The van der Waals surface area contributed by atoms with E-state index in [1.54, 1.807) is 27.0 Å². The average molecular weight is 312 g/mol. The molecule has 6 heteroatoms. The third-order valence-corrected chi connectivity index (χ3v) is 3.61. The molecule has 0 unspecified atom stereocenters. The lowest BCUT2D eigenvalue weighted by Gasteiger charge is -2.22. The molecule has 0 saturated heterocycles.